The number of methoxy groups -OCH3 is 3. The third-order valence-corrected chi connectivity index (χ3v) is 4.34. The molecule has 0 aromatic heterocycles. The zero-order valence-corrected chi connectivity index (χ0v) is 16.1. The van der Waals surface area contributed by atoms with E-state index in [2.05, 4.69) is 26.2 Å². The van der Waals surface area contributed by atoms with Crippen LogP contribution in [0.5, 0.6) is 17.2 Å². The third-order valence-electron chi connectivity index (χ3n) is 3.81. The number of aliphatic imine (C=N–C) groups is 1. The van der Waals surface area contributed by atoms with E-state index in [0.29, 0.717) is 34.3 Å². The summed E-state index contributed by atoms with van der Waals surface area (Å²) in [7, 11) is 4.61. The molecule has 1 aliphatic heterocycles. The van der Waals surface area contributed by atoms with Crippen molar-refractivity contribution in [3.05, 3.63) is 57.7 Å². The van der Waals surface area contributed by atoms with Gasteiger partial charge in [0, 0.05) is 10.0 Å². The Morgan fingerprint density at radius 1 is 1.00 bits per heavy atom. The lowest BCUT2D eigenvalue weighted by Crippen LogP contribution is -2.24. The van der Waals surface area contributed by atoms with E-state index < -0.39 is 0 Å². The van der Waals surface area contributed by atoms with Crippen LogP contribution in [-0.2, 0) is 4.79 Å². The number of hydrogen-bond donors (Lipinski definition) is 1. The van der Waals surface area contributed by atoms with E-state index in [1.54, 1.807) is 18.2 Å². The summed E-state index contributed by atoms with van der Waals surface area (Å²) in [5, 5.41) is 2.77. The van der Waals surface area contributed by atoms with Crippen molar-refractivity contribution in [3.63, 3.8) is 0 Å². The molecule has 1 N–H and O–H groups in total. The molecule has 6 nitrogen and oxygen atoms in total. The summed E-state index contributed by atoms with van der Waals surface area (Å²) in [6.07, 6.45) is 1.73. The minimum atomic E-state index is -0.267. The molecular weight excluding hydrogens is 400 g/mol. The Morgan fingerprint density at radius 3 is 2.15 bits per heavy atom. The van der Waals surface area contributed by atoms with Gasteiger partial charge in [0.2, 0.25) is 5.75 Å². The average molecular weight is 417 g/mol. The highest BCUT2D eigenvalue weighted by atomic mass is 79.9. The second-order valence-corrected chi connectivity index (χ2v) is 6.33. The van der Waals surface area contributed by atoms with Gasteiger partial charge in [-0.3, -0.25) is 4.79 Å². The lowest BCUT2D eigenvalue weighted by Gasteiger charge is -2.13. The molecule has 0 bridgehead atoms. The topological polar surface area (TPSA) is 69.2 Å². The first kappa shape index (κ1) is 18.0. The molecule has 3 rings (SSSR count). The smallest absolute Gasteiger partial charge is 0.275 e. The zero-order valence-electron chi connectivity index (χ0n) is 14.5. The number of nitrogens with zero attached hydrogens (tertiary/aromatic N) is 1. The summed E-state index contributed by atoms with van der Waals surface area (Å²) < 4.78 is 17.0. The molecule has 0 radical (unpaired) electrons. The molecule has 1 amide bonds. The molecule has 1 heterocycles. The molecule has 0 saturated heterocycles. The van der Waals surface area contributed by atoms with Gasteiger partial charge in [-0.15, -0.1) is 0 Å². The number of rotatable bonds is 5. The van der Waals surface area contributed by atoms with Gasteiger partial charge < -0.3 is 19.5 Å². The number of carbonyl (C=O) groups is 1. The van der Waals surface area contributed by atoms with Crippen LogP contribution in [0.1, 0.15) is 11.1 Å². The fourth-order valence-corrected chi connectivity index (χ4v) is 2.80. The normalized spacial score (nSPS) is 14.8. The Kier molecular flexibility index (Phi) is 5.27. The van der Waals surface area contributed by atoms with Crippen molar-refractivity contribution in [3.8, 4) is 17.2 Å². The van der Waals surface area contributed by atoms with Crippen LogP contribution in [0.4, 0.5) is 0 Å². The van der Waals surface area contributed by atoms with Crippen molar-refractivity contribution in [2.75, 3.05) is 21.3 Å². The van der Waals surface area contributed by atoms with E-state index in [0.717, 1.165) is 10.0 Å². The lowest BCUT2D eigenvalue weighted by molar-refractivity contribution is -0.115. The lowest BCUT2D eigenvalue weighted by atomic mass is 10.1. The van der Waals surface area contributed by atoms with Crippen LogP contribution in [0.25, 0.3) is 6.08 Å². The summed E-state index contributed by atoms with van der Waals surface area (Å²) >= 11 is 3.39. The Bertz CT molecular complexity index is 879. The molecule has 2 aromatic carbocycles. The van der Waals surface area contributed by atoms with Gasteiger partial charge in [0.25, 0.3) is 5.91 Å². The van der Waals surface area contributed by atoms with Crippen molar-refractivity contribution in [2.45, 2.75) is 0 Å². The molecule has 26 heavy (non-hydrogen) atoms. The van der Waals surface area contributed by atoms with E-state index in [1.165, 1.54) is 21.3 Å². The average Bonchev–Trinajstić information content (AvgIpc) is 3.02. The number of benzene rings is 2. The van der Waals surface area contributed by atoms with Gasteiger partial charge in [-0.1, -0.05) is 28.1 Å². The summed E-state index contributed by atoms with van der Waals surface area (Å²) in [6.45, 7) is 0. The third kappa shape index (κ3) is 3.57. The standard InChI is InChI=1S/C19H17BrN2O4/c1-24-15-9-12(10-16(25-2)17(15)26-3)18-21-14(19(23)22-18)8-11-4-6-13(20)7-5-11/h4-10H,1-3H3,(H,21,22,23). The number of carbonyl (C=O) groups excluding carboxylic acids is 1. The van der Waals surface area contributed by atoms with Gasteiger partial charge in [0.15, 0.2) is 11.5 Å². The first-order chi connectivity index (χ1) is 12.5. The quantitative estimate of drug-likeness (QED) is 0.758. The minimum absolute atomic E-state index is 0.267. The number of ether oxygens (including phenoxy) is 3. The monoisotopic (exact) mass is 416 g/mol. The van der Waals surface area contributed by atoms with Crippen LogP contribution in [0, 0.1) is 0 Å². The van der Waals surface area contributed by atoms with Crippen LogP contribution in [0.2, 0.25) is 0 Å². The molecule has 0 unspecified atom stereocenters. The number of amides is 1. The van der Waals surface area contributed by atoms with Crippen molar-refractivity contribution >= 4 is 33.7 Å². The molecule has 0 aliphatic carbocycles. The number of halogens is 1. The molecule has 0 spiro atoms. The van der Waals surface area contributed by atoms with Gasteiger partial charge in [-0.25, -0.2) is 4.99 Å². The van der Waals surface area contributed by atoms with Crippen molar-refractivity contribution in [1.29, 1.82) is 0 Å². The van der Waals surface area contributed by atoms with E-state index >= 15 is 0 Å². The van der Waals surface area contributed by atoms with Gasteiger partial charge in [-0.05, 0) is 35.9 Å². The second kappa shape index (κ2) is 7.61. The Balaban J connectivity index is 1.99. The summed E-state index contributed by atoms with van der Waals surface area (Å²) in [5.74, 6) is 1.62. The minimum Gasteiger partial charge on any atom is -0.493 e. The van der Waals surface area contributed by atoms with E-state index in [-0.39, 0.29) is 5.91 Å². The first-order valence-electron chi connectivity index (χ1n) is 7.73. The zero-order chi connectivity index (χ0) is 18.7. The SMILES string of the molecule is COc1cc(C2=NC(=Cc3ccc(Br)cc3)C(=O)N2)cc(OC)c1OC. The molecule has 2 aromatic rings. The number of nitrogens with one attached hydrogen (secondary N) is 1. The Labute approximate surface area is 159 Å². The summed E-state index contributed by atoms with van der Waals surface area (Å²) in [4.78, 5) is 16.7. The summed E-state index contributed by atoms with van der Waals surface area (Å²) in [5.41, 5.74) is 1.87. The van der Waals surface area contributed by atoms with Crippen LogP contribution >= 0.6 is 15.9 Å². The summed E-state index contributed by atoms with van der Waals surface area (Å²) in [6, 6.07) is 11.1. The maximum atomic E-state index is 12.3. The van der Waals surface area contributed by atoms with Gasteiger partial charge >= 0.3 is 0 Å². The van der Waals surface area contributed by atoms with Crippen molar-refractivity contribution in [2.24, 2.45) is 4.99 Å². The molecule has 7 heteroatoms. The van der Waals surface area contributed by atoms with Gasteiger partial charge in [0.05, 0.1) is 21.3 Å². The molecule has 134 valence electrons. The molecule has 0 atom stereocenters. The van der Waals surface area contributed by atoms with E-state index in [9.17, 15) is 4.79 Å². The van der Waals surface area contributed by atoms with Crippen molar-refractivity contribution < 1.29 is 19.0 Å². The molecule has 0 saturated carbocycles. The van der Waals surface area contributed by atoms with E-state index in [4.69, 9.17) is 14.2 Å². The maximum Gasteiger partial charge on any atom is 0.275 e. The predicted molar refractivity (Wildman–Crippen MR) is 103 cm³/mol. The van der Waals surface area contributed by atoms with Crippen LogP contribution in [-0.4, -0.2) is 33.1 Å². The fourth-order valence-electron chi connectivity index (χ4n) is 2.54. The van der Waals surface area contributed by atoms with Gasteiger partial charge in [-0.2, -0.15) is 0 Å². The van der Waals surface area contributed by atoms with Crippen LogP contribution in [0.15, 0.2) is 51.6 Å². The molecular formula is C19H17BrN2O4. The second-order valence-electron chi connectivity index (χ2n) is 5.41. The largest absolute Gasteiger partial charge is 0.493 e. The van der Waals surface area contributed by atoms with Gasteiger partial charge in [0.1, 0.15) is 11.5 Å². The highest BCUT2D eigenvalue weighted by Gasteiger charge is 2.24. The first-order valence-corrected chi connectivity index (χ1v) is 8.52. The van der Waals surface area contributed by atoms with Crippen LogP contribution < -0.4 is 19.5 Å². The molecule has 1 aliphatic rings. The van der Waals surface area contributed by atoms with E-state index in [1.807, 2.05) is 24.3 Å². The number of amidine groups is 1. The fraction of sp³-hybridized carbons (Fsp3) is 0.158. The highest BCUT2D eigenvalue weighted by molar-refractivity contribution is 9.10. The number of hydrogen-bond acceptors (Lipinski definition) is 5. The molecule has 0 fully saturated rings. The Morgan fingerprint density at radius 2 is 1.62 bits per heavy atom. The van der Waals surface area contributed by atoms with Crippen LogP contribution in [0.3, 0.4) is 0 Å². The highest BCUT2D eigenvalue weighted by Crippen LogP contribution is 2.38. The Hall–Kier alpha value is -2.80. The van der Waals surface area contributed by atoms with Crippen molar-refractivity contribution in [1.82, 2.24) is 5.32 Å². The maximum absolute atomic E-state index is 12.3. The predicted octanol–water partition coefficient (Wildman–Crippen LogP) is 3.39.